The summed E-state index contributed by atoms with van der Waals surface area (Å²) in [6, 6.07) is 3.52. The maximum absolute atomic E-state index is 11.4. The van der Waals surface area contributed by atoms with Gasteiger partial charge in [-0.25, -0.2) is 4.79 Å². The average molecular weight is 216 g/mol. The van der Waals surface area contributed by atoms with E-state index >= 15 is 0 Å². The highest BCUT2D eigenvalue weighted by Crippen LogP contribution is 2.13. The van der Waals surface area contributed by atoms with Gasteiger partial charge in [0.05, 0.1) is 24.4 Å². The van der Waals surface area contributed by atoms with E-state index in [9.17, 15) is 4.79 Å². The third-order valence-electron chi connectivity index (χ3n) is 2.22. The maximum atomic E-state index is 11.4. The van der Waals surface area contributed by atoms with Crippen molar-refractivity contribution in [3.8, 4) is 0 Å². The summed E-state index contributed by atoms with van der Waals surface area (Å²) in [6.45, 7) is 2.86. The van der Waals surface area contributed by atoms with Crippen LogP contribution in [0, 0.1) is 0 Å². The fraction of sp³-hybridized carbons (Fsp3) is 0.250. The van der Waals surface area contributed by atoms with Gasteiger partial charge in [0.2, 0.25) is 0 Å². The molecular weight excluding hydrogens is 204 g/mol. The molecule has 0 fully saturated rings. The second-order valence-electron chi connectivity index (χ2n) is 3.31. The normalized spacial score (nSPS) is 13.7. The summed E-state index contributed by atoms with van der Waals surface area (Å²) >= 11 is 0. The van der Waals surface area contributed by atoms with Gasteiger partial charge in [0, 0.05) is 18.0 Å². The van der Waals surface area contributed by atoms with Crippen molar-refractivity contribution in [2.45, 2.75) is 6.92 Å². The molecule has 0 N–H and O–H groups in total. The predicted molar refractivity (Wildman–Crippen MR) is 61.5 cm³/mol. The number of hydrogen-bond donors (Lipinski definition) is 0. The molecule has 16 heavy (non-hydrogen) atoms. The number of carbonyl (C=O) groups is 1. The van der Waals surface area contributed by atoms with E-state index in [0.717, 1.165) is 11.3 Å². The Morgan fingerprint density at radius 2 is 2.38 bits per heavy atom. The zero-order chi connectivity index (χ0) is 11.4. The first-order chi connectivity index (χ1) is 7.81. The Labute approximate surface area is 93.7 Å². The Bertz CT molecular complexity index is 447. The molecule has 4 heteroatoms. The highest BCUT2D eigenvalue weighted by Gasteiger charge is 2.08. The molecule has 0 amide bonds. The Hall–Kier alpha value is -1.97. The molecule has 0 aliphatic carbocycles. The molecular formula is C12H12N2O2. The molecule has 0 atom stereocenters. The molecule has 82 valence electrons. The SMILES string of the molecule is CCOC(=O)c1ccc(C2=CCN=C2)nc1. The van der Waals surface area contributed by atoms with Gasteiger partial charge >= 0.3 is 5.97 Å². The van der Waals surface area contributed by atoms with Gasteiger partial charge in [-0.2, -0.15) is 0 Å². The van der Waals surface area contributed by atoms with E-state index in [1.54, 1.807) is 25.3 Å². The van der Waals surface area contributed by atoms with E-state index in [2.05, 4.69) is 9.98 Å². The van der Waals surface area contributed by atoms with Crippen molar-refractivity contribution in [1.82, 2.24) is 4.98 Å². The molecule has 0 bridgehead atoms. The van der Waals surface area contributed by atoms with E-state index in [1.807, 2.05) is 6.08 Å². The van der Waals surface area contributed by atoms with Crippen LogP contribution in [0.5, 0.6) is 0 Å². The lowest BCUT2D eigenvalue weighted by atomic mass is 10.1. The minimum Gasteiger partial charge on any atom is -0.462 e. The monoisotopic (exact) mass is 216 g/mol. The number of hydrogen-bond acceptors (Lipinski definition) is 4. The lowest BCUT2D eigenvalue weighted by Gasteiger charge is -2.02. The van der Waals surface area contributed by atoms with Gasteiger partial charge in [-0.1, -0.05) is 6.08 Å². The molecule has 0 spiro atoms. The van der Waals surface area contributed by atoms with Crippen molar-refractivity contribution in [3.63, 3.8) is 0 Å². The maximum Gasteiger partial charge on any atom is 0.339 e. The molecule has 1 aliphatic heterocycles. The van der Waals surface area contributed by atoms with Gasteiger partial charge in [0.25, 0.3) is 0 Å². The molecule has 0 saturated carbocycles. The predicted octanol–water partition coefficient (Wildman–Crippen LogP) is 1.73. The topological polar surface area (TPSA) is 51.5 Å². The van der Waals surface area contributed by atoms with Crippen molar-refractivity contribution >= 4 is 17.8 Å². The average Bonchev–Trinajstić information content (AvgIpc) is 2.83. The van der Waals surface area contributed by atoms with Crippen molar-refractivity contribution < 1.29 is 9.53 Å². The lowest BCUT2D eigenvalue weighted by Crippen LogP contribution is -2.05. The first-order valence-electron chi connectivity index (χ1n) is 5.15. The van der Waals surface area contributed by atoms with Crippen molar-refractivity contribution in [2.75, 3.05) is 13.2 Å². The molecule has 0 radical (unpaired) electrons. The number of aromatic nitrogens is 1. The molecule has 0 saturated heterocycles. The molecule has 1 aliphatic rings. The number of allylic oxidation sites excluding steroid dienone is 1. The molecule has 4 nitrogen and oxygen atoms in total. The smallest absolute Gasteiger partial charge is 0.339 e. The van der Waals surface area contributed by atoms with Gasteiger partial charge in [0.1, 0.15) is 0 Å². The Morgan fingerprint density at radius 3 is 2.94 bits per heavy atom. The zero-order valence-corrected chi connectivity index (χ0v) is 9.01. The van der Waals surface area contributed by atoms with Crippen LogP contribution in [0.25, 0.3) is 5.57 Å². The van der Waals surface area contributed by atoms with Gasteiger partial charge < -0.3 is 4.74 Å². The Morgan fingerprint density at radius 1 is 1.50 bits per heavy atom. The fourth-order valence-corrected chi connectivity index (χ4v) is 1.43. The molecule has 2 rings (SSSR count). The largest absolute Gasteiger partial charge is 0.462 e. The third kappa shape index (κ3) is 2.16. The van der Waals surface area contributed by atoms with Gasteiger partial charge in [-0.3, -0.25) is 9.98 Å². The van der Waals surface area contributed by atoms with E-state index < -0.39 is 0 Å². The molecule has 0 unspecified atom stereocenters. The number of pyridine rings is 1. The number of rotatable bonds is 3. The summed E-state index contributed by atoms with van der Waals surface area (Å²) in [4.78, 5) is 19.7. The van der Waals surface area contributed by atoms with Gasteiger partial charge in [-0.15, -0.1) is 0 Å². The number of ether oxygens (including phenoxy) is 1. The minimum atomic E-state index is -0.337. The van der Waals surface area contributed by atoms with Crippen LogP contribution in [-0.4, -0.2) is 30.3 Å². The number of aliphatic imine (C=N–C) groups is 1. The van der Waals surface area contributed by atoms with E-state index in [-0.39, 0.29) is 5.97 Å². The lowest BCUT2D eigenvalue weighted by molar-refractivity contribution is 0.0526. The van der Waals surface area contributed by atoms with Crippen molar-refractivity contribution in [2.24, 2.45) is 4.99 Å². The Balaban J connectivity index is 2.16. The van der Waals surface area contributed by atoms with Crippen LogP contribution in [0.2, 0.25) is 0 Å². The van der Waals surface area contributed by atoms with Gasteiger partial charge in [0.15, 0.2) is 0 Å². The number of nitrogens with zero attached hydrogens (tertiary/aromatic N) is 2. The first kappa shape index (κ1) is 10.5. The van der Waals surface area contributed by atoms with Crippen LogP contribution in [0.1, 0.15) is 23.0 Å². The fourth-order valence-electron chi connectivity index (χ4n) is 1.43. The quantitative estimate of drug-likeness (QED) is 0.723. The van der Waals surface area contributed by atoms with Crippen molar-refractivity contribution in [3.05, 3.63) is 35.7 Å². The summed E-state index contributed by atoms with van der Waals surface area (Å²) in [5.41, 5.74) is 2.30. The van der Waals surface area contributed by atoms with Crippen LogP contribution in [0.15, 0.2) is 29.4 Å². The standard InChI is InChI=1S/C12H12N2O2/c1-2-16-12(15)10-3-4-11(14-8-10)9-5-6-13-7-9/h3-5,7-8H,2,6H2,1H3. The number of esters is 1. The van der Waals surface area contributed by atoms with E-state index in [1.165, 1.54) is 6.20 Å². The summed E-state index contributed by atoms with van der Waals surface area (Å²) in [7, 11) is 0. The van der Waals surface area contributed by atoms with E-state index in [4.69, 9.17) is 4.74 Å². The van der Waals surface area contributed by atoms with Crippen LogP contribution in [0.4, 0.5) is 0 Å². The van der Waals surface area contributed by atoms with Crippen LogP contribution in [0.3, 0.4) is 0 Å². The van der Waals surface area contributed by atoms with Crippen molar-refractivity contribution in [1.29, 1.82) is 0 Å². The second kappa shape index (κ2) is 4.70. The number of carbonyl (C=O) groups excluding carboxylic acids is 1. The minimum absolute atomic E-state index is 0.337. The van der Waals surface area contributed by atoms with Crippen LogP contribution in [-0.2, 0) is 4.74 Å². The third-order valence-corrected chi connectivity index (χ3v) is 2.22. The summed E-state index contributed by atoms with van der Waals surface area (Å²) < 4.78 is 4.87. The molecule has 0 aromatic carbocycles. The highest BCUT2D eigenvalue weighted by atomic mass is 16.5. The van der Waals surface area contributed by atoms with E-state index in [0.29, 0.717) is 18.7 Å². The summed E-state index contributed by atoms with van der Waals surface area (Å²) in [5, 5.41) is 0. The Kier molecular flexibility index (Phi) is 3.10. The second-order valence-corrected chi connectivity index (χ2v) is 3.31. The molecule has 1 aromatic rings. The first-order valence-corrected chi connectivity index (χ1v) is 5.15. The van der Waals surface area contributed by atoms with Gasteiger partial charge in [-0.05, 0) is 19.1 Å². The summed E-state index contributed by atoms with van der Waals surface area (Å²) in [5.74, 6) is -0.337. The summed E-state index contributed by atoms with van der Waals surface area (Å²) in [6.07, 6.45) is 5.30. The van der Waals surface area contributed by atoms with Crippen LogP contribution >= 0.6 is 0 Å². The molecule has 2 heterocycles. The highest BCUT2D eigenvalue weighted by molar-refractivity contribution is 6.10. The molecule has 1 aromatic heterocycles. The zero-order valence-electron chi connectivity index (χ0n) is 9.01. The van der Waals surface area contributed by atoms with Crippen LogP contribution < -0.4 is 0 Å².